The molecular formula is C20H22BrNO4. The van der Waals surface area contributed by atoms with Crippen LogP contribution in [0.15, 0.2) is 40.9 Å². The van der Waals surface area contributed by atoms with Crippen LogP contribution in [0.25, 0.3) is 0 Å². The molecule has 0 aliphatic carbocycles. The van der Waals surface area contributed by atoms with E-state index < -0.39 is 18.0 Å². The van der Waals surface area contributed by atoms with Gasteiger partial charge in [0.2, 0.25) is 0 Å². The molecule has 0 heterocycles. The topological polar surface area (TPSA) is 64.6 Å². The molecule has 1 N–H and O–H groups in total. The molecule has 0 saturated carbocycles. The van der Waals surface area contributed by atoms with Crippen LogP contribution in [0.3, 0.4) is 0 Å². The second-order valence-corrected chi connectivity index (χ2v) is 6.95. The molecule has 138 valence electrons. The third-order valence-corrected chi connectivity index (χ3v) is 4.62. The number of carbonyl (C=O) groups is 2. The standard InChI is InChI=1S/C20H22BrNO4/c1-12-8-9-17(16(21)10-12)22-20(24)15(4)26-19(23)11-25-18-7-5-6-13(2)14(18)3/h5-10,15H,11H2,1-4H3,(H,22,24)/t15-/m1/s1. The first-order valence-electron chi connectivity index (χ1n) is 8.23. The quantitative estimate of drug-likeness (QED) is 0.707. The number of nitrogens with one attached hydrogen (secondary N) is 1. The van der Waals surface area contributed by atoms with Gasteiger partial charge in [0.05, 0.1) is 5.69 Å². The van der Waals surface area contributed by atoms with Crippen molar-refractivity contribution in [3.8, 4) is 5.75 Å². The van der Waals surface area contributed by atoms with E-state index in [1.54, 1.807) is 12.1 Å². The van der Waals surface area contributed by atoms with Gasteiger partial charge >= 0.3 is 5.97 Å². The van der Waals surface area contributed by atoms with Crippen LogP contribution in [-0.4, -0.2) is 24.6 Å². The Balaban J connectivity index is 1.87. The Morgan fingerprint density at radius 2 is 1.88 bits per heavy atom. The summed E-state index contributed by atoms with van der Waals surface area (Å²) in [7, 11) is 0. The molecule has 0 radical (unpaired) electrons. The van der Waals surface area contributed by atoms with Crippen molar-refractivity contribution >= 4 is 33.5 Å². The van der Waals surface area contributed by atoms with Gasteiger partial charge in [-0.1, -0.05) is 18.2 Å². The zero-order valence-electron chi connectivity index (χ0n) is 15.3. The summed E-state index contributed by atoms with van der Waals surface area (Å²) in [5, 5.41) is 2.73. The Morgan fingerprint density at radius 3 is 2.58 bits per heavy atom. The number of halogens is 1. The maximum atomic E-state index is 12.2. The molecule has 0 aliphatic heterocycles. The van der Waals surface area contributed by atoms with E-state index in [2.05, 4.69) is 21.2 Å². The van der Waals surface area contributed by atoms with Crippen molar-refractivity contribution in [3.05, 3.63) is 57.6 Å². The van der Waals surface area contributed by atoms with Crippen molar-refractivity contribution < 1.29 is 19.1 Å². The number of hydrogen-bond donors (Lipinski definition) is 1. The highest BCUT2D eigenvalue weighted by Gasteiger charge is 2.19. The Hall–Kier alpha value is -2.34. The van der Waals surface area contributed by atoms with Crippen molar-refractivity contribution in [2.45, 2.75) is 33.8 Å². The van der Waals surface area contributed by atoms with Crippen LogP contribution in [0.1, 0.15) is 23.6 Å². The van der Waals surface area contributed by atoms with E-state index in [0.29, 0.717) is 11.4 Å². The van der Waals surface area contributed by atoms with Gasteiger partial charge in [0.15, 0.2) is 12.7 Å². The van der Waals surface area contributed by atoms with Crippen LogP contribution in [0.5, 0.6) is 5.75 Å². The third-order valence-electron chi connectivity index (χ3n) is 3.96. The normalized spacial score (nSPS) is 11.6. The number of amides is 1. The molecule has 1 atom stereocenters. The molecule has 0 aromatic heterocycles. The smallest absolute Gasteiger partial charge is 0.344 e. The highest BCUT2D eigenvalue weighted by atomic mass is 79.9. The molecule has 0 fully saturated rings. The molecule has 6 heteroatoms. The fourth-order valence-corrected chi connectivity index (χ4v) is 2.85. The lowest BCUT2D eigenvalue weighted by atomic mass is 10.1. The zero-order chi connectivity index (χ0) is 19.3. The van der Waals surface area contributed by atoms with E-state index >= 15 is 0 Å². The predicted molar refractivity (Wildman–Crippen MR) is 104 cm³/mol. The van der Waals surface area contributed by atoms with E-state index in [4.69, 9.17) is 9.47 Å². The molecule has 2 aromatic rings. The van der Waals surface area contributed by atoms with E-state index in [0.717, 1.165) is 21.2 Å². The van der Waals surface area contributed by atoms with Gasteiger partial charge in [-0.25, -0.2) is 4.79 Å². The number of hydrogen-bond acceptors (Lipinski definition) is 4. The number of aryl methyl sites for hydroxylation is 2. The maximum Gasteiger partial charge on any atom is 0.344 e. The molecular weight excluding hydrogens is 398 g/mol. The lowest BCUT2D eigenvalue weighted by molar-refractivity contribution is -0.155. The van der Waals surface area contributed by atoms with Crippen molar-refractivity contribution in [2.24, 2.45) is 0 Å². The van der Waals surface area contributed by atoms with Crippen molar-refractivity contribution in [3.63, 3.8) is 0 Å². The molecule has 0 saturated heterocycles. The largest absolute Gasteiger partial charge is 0.482 e. The third kappa shape index (κ3) is 5.33. The monoisotopic (exact) mass is 419 g/mol. The zero-order valence-corrected chi connectivity index (χ0v) is 16.8. The SMILES string of the molecule is Cc1ccc(NC(=O)[C@@H](C)OC(=O)COc2cccc(C)c2C)c(Br)c1. The first-order valence-corrected chi connectivity index (χ1v) is 9.02. The Labute approximate surface area is 161 Å². The minimum absolute atomic E-state index is 0.254. The van der Waals surface area contributed by atoms with Gasteiger partial charge < -0.3 is 14.8 Å². The van der Waals surface area contributed by atoms with Crippen LogP contribution < -0.4 is 10.1 Å². The molecule has 1 amide bonds. The molecule has 0 aliphatic rings. The lowest BCUT2D eigenvalue weighted by Crippen LogP contribution is -2.31. The average Bonchev–Trinajstić information content (AvgIpc) is 2.58. The highest BCUT2D eigenvalue weighted by Crippen LogP contribution is 2.24. The summed E-state index contributed by atoms with van der Waals surface area (Å²) in [6.45, 7) is 7.11. The molecule has 5 nitrogen and oxygen atoms in total. The van der Waals surface area contributed by atoms with E-state index in [-0.39, 0.29) is 6.61 Å². The van der Waals surface area contributed by atoms with Crippen LogP contribution in [0.2, 0.25) is 0 Å². The number of benzene rings is 2. The van der Waals surface area contributed by atoms with Crippen molar-refractivity contribution in [1.82, 2.24) is 0 Å². The van der Waals surface area contributed by atoms with Crippen LogP contribution >= 0.6 is 15.9 Å². The van der Waals surface area contributed by atoms with E-state index in [1.807, 2.05) is 45.0 Å². The predicted octanol–water partition coefficient (Wildman–Crippen LogP) is 4.32. The van der Waals surface area contributed by atoms with Crippen LogP contribution in [-0.2, 0) is 14.3 Å². The summed E-state index contributed by atoms with van der Waals surface area (Å²) in [5.74, 6) is -0.381. The number of ether oxygens (including phenoxy) is 2. The Kier molecular flexibility index (Phi) is 6.80. The molecule has 2 rings (SSSR count). The average molecular weight is 420 g/mol. The summed E-state index contributed by atoms with van der Waals surface area (Å²) in [4.78, 5) is 24.2. The minimum atomic E-state index is -0.932. The summed E-state index contributed by atoms with van der Waals surface area (Å²) in [6.07, 6.45) is -0.932. The van der Waals surface area contributed by atoms with Gasteiger partial charge in [0.25, 0.3) is 5.91 Å². The van der Waals surface area contributed by atoms with Crippen molar-refractivity contribution in [1.29, 1.82) is 0 Å². The molecule has 0 bridgehead atoms. The maximum absolute atomic E-state index is 12.2. The summed E-state index contributed by atoms with van der Waals surface area (Å²) < 4.78 is 11.4. The number of anilines is 1. The summed E-state index contributed by atoms with van der Waals surface area (Å²) >= 11 is 3.40. The minimum Gasteiger partial charge on any atom is -0.482 e. The van der Waals surface area contributed by atoms with Gasteiger partial charge in [-0.15, -0.1) is 0 Å². The molecule has 0 unspecified atom stereocenters. The number of rotatable bonds is 6. The fraction of sp³-hybridized carbons (Fsp3) is 0.300. The van der Waals surface area contributed by atoms with Gasteiger partial charge in [-0.2, -0.15) is 0 Å². The second-order valence-electron chi connectivity index (χ2n) is 6.09. The lowest BCUT2D eigenvalue weighted by Gasteiger charge is -2.15. The first kappa shape index (κ1) is 20.0. The van der Waals surface area contributed by atoms with E-state index in [9.17, 15) is 9.59 Å². The summed E-state index contributed by atoms with van der Waals surface area (Å²) in [5.41, 5.74) is 3.73. The van der Waals surface area contributed by atoms with Crippen LogP contribution in [0.4, 0.5) is 5.69 Å². The second kappa shape index (κ2) is 8.85. The first-order chi connectivity index (χ1) is 12.3. The van der Waals surface area contributed by atoms with E-state index in [1.165, 1.54) is 6.92 Å². The van der Waals surface area contributed by atoms with Crippen molar-refractivity contribution in [2.75, 3.05) is 11.9 Å². The van der Waals surface area contributed by atoms with Gasteiger partial charge in [-0.3, -0.25) is 4.79 Å². The van der Waals surface area contributed by atoms with Gasteiger partial charge in [0, 0.05) is 4.47 Å². The number of carbonyl (C=O) groups excluding carboxylic acids is 2. The van der Waals surface area contributed by atoms with Gasteiger partial charge in [0.1, 0.15) is 5.75 Å². The summed E-state index contributed by atoms with van der Waals surface area (Å²) in [6, 6.07) is 11.2. The van der Waals surface area contributed by atoms with Crippen LogP contribution in [0, 0.1) is 20.8 Å². The Bertz CT molecular complexity index is 819. The molecule has 26 heavy (non-hydrogen) atoms. The number of esters is 1. The Morgan fingerprint density at radius 1 is 1.15 bits per heavy atom. The molecule has 0 spiro atoms. The fourth-order valence-electron chi connectivity index (χ4n) is 2.26. The van der Waals surface area contributed by atoms with Gasteiger partial charge in [-0.05, 0) is 78.5 Å². The molecule has 2 aromatic carbocycles. The highest BCUT2D eigenvalue weighted by molar-refractivity contribution is 9.10.